The average molecular weight is 145 g/mol. The van der Waals surface area contributed by atoms with E-state index in [9.17, 15) is 0 Å². The zero-order valence-corrected chi connectivity index (χ0v) is 6.25. The van der Waals surface area contributed by atoms with Crippen molar-refractivity contribution >= 4 is 15.7 Å². The predicted molar refractivity (Wildman–Crippen MR) is 48.1 cm³/mol. The molecule has 0 unspecified atom stereocenters. The van der Waals surface area contributed by atoms with E-state index in [0.717, 1.165) is 0 Å². The Kier molecular flexibility index (Phi) is 3.20. The summed E-state index contributed by atoms with van der Waals surface area (Å²) < 4.78 is 0. The molecule has 0 aliphatic heterocycles. The fourth-order valence-corrected chi connectivity index (χ4v) is 0.623. The molecule has 54 valence electrons. The fourth-order valence-electron chi connectivity index (χ4n) is 0.623. The van der Waals surface area contributed by atoms with Crippen molar-refractivity contribution in [2.75, 3.05) is 0 Å². The van der Waals surface area contributed by atoms with Gasteiger partial charge in [-0.1, -0.05) is 19.2 Å². The Labute approximate surface area is 69.3 Å². The molecular formula is C7H9B2NO. The lowest BCUT2D eigenvalue weighted by molar-refractivity contribution is 0.253. The summed E-state index contributed by atoms with van der Waals surface area (Å²) >= 11 is 0. The van der Waals surface area contributed by atoms with Gasteiger partial charge >= 0.3 is 0 Å². The molecule has 0 amide bonds. The van der Waals surface area contributed by atoms with Crippen LogP contribution in [0.15, 0.2) is 36.6 Å². The first-order chi connectivity index (χ1) is 4.93. The van der Waals surface area contributed by atoms with Gasteiger partial charge in [0, 0.05) is 11.1 Å². The van der Waals surface area contributed by atoms with E-state index in [1.165, 1.54) is 12.2 Å². The molecule has 0 heterocycles. The van der Waals surface area contributed by atoms with Crippen LogP contribution in [-0.4, -0.2) is 26.2 Å². The topological polar surface area (TPSA) is 46.2 Å². The molecule has 0 saturated heterocycles. The minimum absolute atomic E-state index is 0.160. The standard InChI is InChI=1S/C7H9B2NO/c1-3-5(6(10)4-2)7(8,9)11/h3-4,11H,1-2,10H2/b6-5-. The van der Waals surface area contributed by atoms with Gasteiger partial charge in [-0.3, -0.25) is 0 Å². The predicted octanol–water partition coefficient (Wildman–Crippen LogP) is -0.446. The third kappa shape index (κ3) is 2.68. The van der Waals surface area contributed by atoms with Gasteiger partial charge in [-0.2, -0.15) is 0 Å². The highest BCUT2D eigenvalue weighted by Gasteiger charge is 2.17. The van der Waals surface area contributed by atoms with Crippen molar-refractivity contribution in [3.8, 4) is 0 Å². The Balaban J connectivity index is 4.95. The monoisotopic (exact) mass is 145 g/mol. The molecule has 3 N–H and O–H groups in total. The van der Waals surface area contributed by atoms with Gasteiger partial charge in [0.1, 0.15) is 15.7 Å². The van der Waals surface area contributed by atoms with E-state index in [1.807, 2.05) is 0 Å². The number of nitrogens with two attached hydrogens (primary N) is 1. The molecule has 11 heavy (non-hydrogen) atoms. The second-order valence-corrected chi connectivity index (χ2v) is 2.10. The van der Waals surface area contributed by atoms with E-state index in [1.54, 1.807) is 0 Å². The first-order valence-electron chi connectivity index (χ1n) is 2.98. The van der Waals surface area contributed by atoms with Gasteiger partial charge in [0.2, 0.25) is 0 Å². The summed E-state index contributed by atoms with van der Waals surface area (Å²) in [6, 6.07) is 0. The highest BCUT2D eigenvalue weighted by molar-refractivity contribution is 6.41. The molecule has 0 aliphatic carbocycles. The second-order valence-electron chi connectivity index (χ2n) is 2.10. The van der Waals surface area contributed by atoms with Crippen LogP contribution < -0.4 is 5.73 Å². The van der Waals surface area contributed by atoms with Gasteiger partial charge in [-0.15, -0.1) is 0 Å². The minimum atomic E-state index is -1.94. The van der Waals surface area contributed by atoms with Crippen molar-refractivity contribution < 1.29 is 5.11 Å². The maximum Gasteiger partial charge on any atom is 0.105 e. The van der Waals surface area contributed by atoms with E-state index in [-0.39, 0.29) is 11.3 Å². The Morgan fingerprint density at radius 2 is 1.82 bits per heavy atom. The molecule has 0 aliphatic rings. The molecule has 0 aromatic rings. The molecule has 0 aromatic carbocycles. The van der Waals surface area contributed by atoms with E-state index in [0.29, 0.717) is 0 Å². The molecule has 0 saturated carbocycles. The van der Waals surface area contributed by atoms with Crippen LogP contribution in [0.4, 0.5) is 0 Å². The van der Waals surface area contributed by atoms with Crippen molar-refractivity contribution in [2.24, 2.45) is 5.73 Å². The smallest absolute Gasteiger partial charge is 0.105 e. The summed E-state index contributed by atoms with van der Waals surface area (Å²) in [6.45, 7) is 6.78. The Bertz CT molecular complexity index is 203. The quantitative estimate of drug-likeness (QED) is 0.417. The van der Waals surface area contributed by atoms with E-state index in [2.05, 4.69) is 13.2 Å². The van der Waals surface area contributed by atoms with Crippen molar-refractivity contribution in [3.63, 3.8) is 0 Å². The molecule has 4 heteroatoms. The summed E-state index contributed by atoms with van der Waals surface area (Å²) in [6.07, 6.45) is 2.62. The zero-order valence-electron chi connectivity index (χ0n) is 6.25. The van der Waals surface area contributed by atoms with Gasteiger partial charge in [0.15, 0.2) is 0 Å². The van der Waals surface area contributed by atoms with Crippen molar-refractivity contribution in [3.05, 3.63) is 36.6 Å². The first-order valence-corrected chi connectivity index (χ1v) is 2.98. The number of allylic oxidation sites excluding steroid dienone is 1. The third-order valence-electron chi connectivity index (χ3n) is 1.17. The van der Waals surface area contributed by atoms with E-state index >= 15 is 0 Å². The van der Waals surface area contributed by atoms with Crippen LogP contribution in [0.25, 0.3) is 0 Å². The van der Waals surface area contributed by atoms with Crippen LogP contribution >= 0.6 is 0 Å². The van der Waals surface area contributed by atoms with Crippen LogP contribution in [0.3, 0.4) is 0 Å². The van der Waals surface area contributed by atoms with Crippen molar-refractivity contribution in [2.45, 2.75) is 5.40 Å². The second kappa shape index (κ2) is 3.49. The maximum atomic E-state index is 9.08. The van der Waals surface area contributed by atoms with Gasteiger partial charge in [-0.05, 0) is 11.6 Å². The molecule has 0 spiro atoms. The van der Waals surface area contributed by atoms with Crippen LogP contribution in [0.2, 0.25) is 0 Å². The molecule has 0 rings (SSSR count). The Morgan fingerprint density at radius 1 is 1.36 bits per heavy atom. The average Bonchev–Trinajstić information content (AvgIpc) is 1.86. The van der Waals surface area contributed by atoms with Gasteiger partial charge in [-0.25, -0.2) is 0 Å². The zero-order chi connectivity index (χ0) is 9.07. The SMILES string of the molecule is [B]C([B])(O)/C(C=C)=C(\N)C=C. The summed E-state index contributed by atoms with van der Waals surface area (Å²) in [4.78, 5) is 0. The Hall–Kier alpha value is -0.890. The van der Waals surface area contributed by atoms with E-state index in [4.69, 9.17) is 26.5 Å². The molecule has 0 bridgehead atoms. The summed E-state index contributed by atoms with van der Waals surface area (Å²) in [7, 11) is 10.3. The molecule has 2 nitrogen and oxygen atoms in total. The number of hydrogen-bond donors (Lipinski definition) is 2. The summed E-state index contributed by atoms with van der Waals surface area (Å²) in [5.41, 5.74) is 5.76. The lowest BCUT2D eigenvalue weighted by atomic mass is 9.60. The summed E-state index contributed by atoms with van der Waals surface area (Å²) in [5, 5.41) is 7.13. The van der Waals surface area contributed by atoms with Crippen molar-refractivity contribution in [1.82, 2.24) is 0 Å². The lowest BCUT2D eigenvalue weighted by Gasteiger charge is -2.21. The molecule has 4 radical (unpaired) electrons. The molecule has 0 fully saturated rings. The maximum absolute atomic E-state index is 9.08. The van der Waals surface area contributed by atoms with Crippen LogP contribution in [-0.2, 0) is 0 Å². The third-order valence-corrected chi connectivity index (χ3v) is 1.17. The minimum Gasteiger partial charge on any atom is -0.405 e. The molecule has 0 aromatic heterocycles. The van der Waals surface area contributed by atoms with Gasteiger partial charge in [0.05, 0.1) is 0 Å². The largest absolute Gasteiger partial charge is 0.405 e. The number of aliphatic hydroxyl groups is 1. The first kappa shape index (κ1) is 10.1. The fraction of sp³-hybridized carbons (Fsp3) is 0.143. The molecule has 0 atom stereocenters. The van der Waals surface area contributed by atoms with Crippen molar-refractivity contribution in [1.29, 1.82) is 0 Å². The lowest BCUT2D eigenvalue weighted by Crippen LogP contribution is -2.33. The van der Waals surface area contributed by atoms with Gasteiger partial charge in [0.25, 0.3) is 0 Å². The molecular weight excluding hydrogens is 136 g/mol. The van der Waals surface area contributed by atoms with Crippen LogP contribution in [0.1, 0.15) is 0 Å². The summed E-state index contributed by atoms with van der Waals surface area (Å²) in [5.74, 6) is 0. The van der Waals surface area contributed by atoms with Crippen LogP contribution in [0.5, 0.6) is 0 Å². The van der Waals surface area contributed by atoms with Crippen LogP contribution in [0, 0.1) is 0 Å². The number of hydrogen-bond acceptors (Lipinski definition) is 2. The number of rotatable bonds is 3. The van der Waals surface area contributed by atoms with Gasteiger partial charge < -0.3 is 10.8 Å². The Morgan fingerprint density at radius 3 is 1.91 bits per heavy atom. The highest BCUT2D eigenvalue weighted by atomic mass is 16.3. The normalized spacial score (nSPS) is 13.5. The highest BCUT2D eigenvalue weighted by Crippen LogP contribution is 2.12. The van der Waals surface area contributed by atoms with E-state index < -0.39 is 5.40 Å².